The van der Waals surface area contributed by atoms with Crippen molar-refractivity contribution in [2.24, 2.45) is 10.8 Å². The van der Waals surface area contributed by atoms with E-state index in [0.717, 1.165) is 0 Å². The van der Waals surface area contributed by atoms with Crippen molar-refractivity contribution in [1.29, 1.82) is 0 Å². The summed E-state index contributed by atoms with van der Waals surface area (Å²) in [7, 11) is 0. The van der Waals surface area contributed by atoms with Crippen LogP contribution >= 0.6 is 0 Å². The van der Waals surface area contributed by atoms with Gasteiger partial charge in [-0.25, -0.2) is 0 Å². The van der Waals surface area contributed by atoms with Crippen LogP contribution in [0.5, 0.6) is 0 Å². The van der Waals surface area contributed by atoms with Crippen molar-refractivity contribution in [2.75, 3.05) is 0 Å². The fourth-order valence-electron chi connectivity index (χ4n) is 0.711. The fraction of sp³-hybridized carbons (Fsp3) is 0. The normalized spacial score (nSPS) is 8.67. The lowest BCUT2D eigenvalue weighted by molar-refractivity contribution is 0.100. The average molecular weight is 163 g/mol. The Balaban J connectivity index is 3.26. The molecule has 0 aliphatic rings. The molecule has 0 unspecified atom stereocenters. The molecule has 1 heterocycles. The largest absolute Gasteiger partial charge is 0.366 e. The van der Waals surface area contributed by atoms with E-state index in [4.69, 9.17) is 11.3 Å². The summed E-state index contributed by atoms with van der Waals surface area (Å²) in [6.07, 6.45) is 1.41. The molecule has 0 saturated heterocycles. The van der Waals surface area contributed by atoms with Crippen LogP contribution < -0.4 is 5.73 Å². The molecular weight excluding hydrogens is 158 g/mol. The molecule has 1 aromatic rings. The average Bonchev–Trinajstić information content (AvgIpc) is 2.05. The second kappa shape index (κ2) is 3.36. The van der Waals surface area contributed by atoms with E-state index in [9.17, 15) is 4.79 Å². The minimum absolute atomic E-state index is 0.00694. The van der Waals surface area contributed by atoms with Gasteiger partial charge in [0.15, 0.2) is 0 Å². The predicted octanol–water partition coefficient (Wildman–Crippen LogP) is 1.12. The number of hydrogen-bond donors (Lipinski definition) is 1. The fourth-order valence-corrected chi connectivity index (χ4v) is 0.711. The molecule has 60 valence electrons. The molecule has 0 aliphatic carbocycles. The van der Waals surface area contributed by atoms with E-state index < -0.39 is 5.91 Å². The maximum absolute atomic E-state index is 10.7. The standard InChI is InChI=1S/C6H5N5O/c7-5(12)4-2-1-3-9-6(4)10-11-8/h1-3H,(H2,7,12). The highest BCUT2D eigenvalue weighted by molar-refractivity contribution is 5.96. The van der Waals surface area contributed by atoms with Crippen LogP contribution in [0.2, 0.25) is 0 Å². The summed E-state index contributed by atoms with van der Waals surface area (Å²) < 4.78 is 0. The number of carbonyl (C=O) groups is 1. The Kier molecular flexibility index (Phi) is 2.25. The summed E-state index contributed by atoms with van der Waals surface area (Å²) in [5.74, 6) is -0.655. The summed E-state index contributed by atoms with van der Waals surface area (Å²) in [6.45, 7) is 0. The first-order valence-corrected chi connectivity index (χ1v) is 3.05. The Morgan fingerprint density at radius 1 is 1.75 bits per heavy atom. The Morgan fingerprint density at radius 2 is 2.50 bits per heavy atom. The van der Waals surface area contributed by atoms with Crippen LogP contribution in [0.4, 0.5) is 5.82 Å². The number of amides is 1. The molecule has 1 amide bonds. The van der Waals surface area contributed by atoms with Gasteiger partial charge in [-0.05, 0) is 22.8 Å². The number of azide groups is 1. The number of primary amides is 1. The predicted molar refractivity (Wildman–Crippen MR) is 41.6 cm³/mol. The number of pyridine rings is 1. The lowest BCUT2D eigenvalue weighted by Crippen LogP contribution is -2.11. The quantitative estimate of drug-likeness (QED) is 0.400. The Morgan fingerprint density at radius 3 is 3.08 bits per heavy atom. The highest BCUT2D eigenvalue weighted by atomic mass is 16.1. The second-order valence-electron chi connectivity index (χ2n) is 1.93. The molecule has 0 radical (unpaired) electrons. The summed E-state index contributed by atoms with van der Waals surface area (Å²) in [5, 5.41) is 3.20. The zero-order valence-corrected chi connectivity index (χ0v) is 6.01. The van der Waals surface area contributed by atoms with Crippen molar-refractivity contribution in [3.8, 4) is 0 Å². The van der Waals surface area contributed by atoms with E-state index in [-0.39, 0.29) is 11.4 Å². The number of nitrogens with two attached hydrogens (primary N) is 1. The van der Waals surface area contributed by atoms with Crippen molar-refractivity contribution >= 4 is 11.7 Å². The highest BCUT2D eigenvalue weighted by Gasteiger charge is 2.05. The van der Waals surface area contributed by atoms with Gasteiger partial charge in [0, 0.05) is 11.1 Å². The zero-order valence-electron chi connectivity index (χ0n) is 6.01. The number of nitrogens with zero attached hydrogens (tertiary/aromatic N) is 4. The zero-order chi connectivity index (χ0) is 8.97. The van der Waals surface area contributed by atoms with E-state index in [1.165, 1.54) is 18.3 Å². The molecule has 0 saturated carbocycles. The van der Waals surface area contributed by atoms with Crippen LogP contribution in [0.3, 0.4) is 0 Å². The second-order valence-corrected chi connectivity index (χ2v) is 1.93. The molecule has 6 heteroatoms. The third-order valence-electron chi connectivity index (χ3n) is 1.19. The van der Waals surface area contributed by atoms with Gasteiger partial charge in [0.2, 0.25) is 0 Å². The van der Waals surface area contributed by atoms with Gasteiger partial charge >= 0.3 is 0 Å². The first-order chi connectivity index (χ1) is 5.75. The van der Waals surface area contributed by atoms with Gasteiger partial charge < -0.3 is 5.73 Å². The molecule has 0 bridgehead atoms. The van der Waals surface area contributed by atoms with E-state index in [0.29, 0.717) is 0 Å². The minimum Gasteiger partial charge on any atom is -0.366 e. The number of aromatic nitrogens is 1. The molecular formula is C6H5N5O. The smallest absolute Gasteiger partial charge is 0.250 e. The third-order valence-corrected chi connectivity index (χ3v) is 1.19. The Bertz CT molecular complexity index is 334. The van der Waals surface area contributed by atoms with Gasteiger partial charge in [-0.15, -0.1) is 0 Å². The summed E-state index contributed by atoms with van der Waals surface area (Å²) in [5.41, 5.74) is 13.2. The summed E-state index contributed by atoms with van der Waals surface area (Å²) in [4.78, 5) is 16.9. The van der Waals surface area contributed by atoms with Gasteiger partial charge in [-0.1, -0.05) is 0 Å². The molecule has 12 heavy (non-hydrogen) atoms. The lowest BCUT2D eigenvalue weighted by Gasteiger charge is -1.96. The SMILES string of the molecule is [N-]=[N+]=Nc1ncccc1C(N)=O. The molecule has 0 fully saturated rings. The van der Waals surface area contributed by atoms with Crippen LogP contribution in [0.25, 0.3) is 10.4 Å². The van der Waals surface area contributed by atoms with Gasteiger partial charge in [0.25, 0.3) is 5.91 Å². The Labute approximate surface area is 67.7 Å². The highest BCUT2D eigenvalue weighted by Crippen LogP contribution is 2.13. The number of hydrogen-bond acceptors (Lipinski definition) is 3. The van der Waals surface area contributed by atoms with Crippen LogP contribution in [0.1, 0.15) is 10.4 Å². The minimum atomic E-state index is -0.662. The molecule has 0 atom stereocenters. The third kappa shape index (κ3) is 1.50. The van der Waals surface area contributed by atoms with Gasteiger partial charge in [-0.3, -0.25) is 9.78 Å². The molecule has 0 aromatic carbocycles. The molecule has 1 aromatic heterocycles. The van der Waals surface area contributed by atoms with E-state index in [1.54, 1.807) is 0 Å². The van der Waals surface area contributed by atoms with Gasteiger partial charge in [0.05, 0.1) is 5.56 Å². The maximum atomic E-state index is 10.7. The van der Waals surface area contributed by atoms with Crippen LogP contribution in [-0.2, 0) is 0 Å². The van der Waals surface area contributed by atoms with E-state index in [1.807, 2.05) is 0 Å². The van der Waals surface area contributed by atoms with Crippen molar-refractivity contribution in [2.45, 2.75) is 0 Å². The van der Waals surface area contributed by atoms with Crippen molar-refractivity contribution < 1.29 is 4.79 Å². The van der Waals surface area contributed by atoms with Crippen molar-refractivity contribution in [3.63, 3.8) is 0 Å². The molecule has 1 rings (SSSR count). The van der Waals surface area contributed by atoms with Gasteiger partial charge in [0.1, 0.15) is 5.82 Å². The summed E-state index contributed by atoms with van der Waals surface area (Å²) >= 11 is 0. The maximum Gasteiger partial charge on any atom is 0.250 e. The molecule has 6 nitrogen and oxygen atoms in total. The van der Waals surface area contributed by atoms with Crippen LogP contribution in [-0.4, -0.2) is 10.9 Å². The van der Waals surface area contributed by atoms with Gasteiger partial charge in [-0.2, -0.15) is 0 Å². The Hall–Kier alpha value is -2.07. The van der Waals surface area contributed by atoms with Crippen molar-refractivity contribution in [3.05, 3.63) is 34.3 Å². The monoisotopic (exact) mass is 163 g/mol. The first kappa shape index (κ1) is 8.03. The van der Waals surface area contributed by atoms with E-state index >= 15 is 0 Å². The molecule has 0 aliphatic heterocycles. The summed E-state index contributed by atoms with van der Waals surface area (Å²) in [6, 6.07) is 2.98. The van der Waals surface area contributed by atoms with Crippen LogP contribution in [0, 0.1) is 0 Å². The molecule has 2 N–H and O–H groups in total. The lowest BCUT2D eigenvalue weighted by atomic mass is 10.2. The van der Waals surface area contributed by atoms with Crippen molar-refractivity contribution in [1.82, 2.24) is 4.98 Å². The van der Waals surface area contributed by atoms with Crippen LogP contribution in [0.15, 0.2) is 23.4 Å². The van der Waals surface area contributed by atoms with E-state index in [2.05, 4.69) is 15.0 Å². The number of carbonyl (C=O) groups excluding carboxylic acids is 1. The molecule has 0 spiro atoms. The topological polar surface area (TPSA) is 105 Å². The first-order valence-electron chi connectivity index (χ1n) is 3.05. The number of rotatable bonds is 2.